The fourth-order valence-corrected chi connectivity index (χ4v) is 2.78. The molecule has 2 N–H and O–H groups in total. The first-order valence-electron chi connectivity index (χ1n) is 5.21. The third kappa shape index (κ3) is 0.788. The zero-order valence-electron chi connectivity index (χ0n) is 8.99. The van der Waals surface area contributed by atoms with E-state index in [0.717, 1.165) is 11.4 Å². The zero-order chi connectivity index (χ0) is 10.7. The van der Waals surface area contributed by atoms with Gasteiger partial charge in [0.2, 0.25) is 0 Å². The van der Waals surface area contributed by atoms with Gasteiger partial charge in [-0.05, 0) is 24.6 Å². The lowest BCUT2D eigenvalue weighted by atomic mass is 9.67. The Morgan fingerprint density at radius 1 is 1.13 bits per heavy atom. The fraction of sp³-hybridized carbons (Fsp3) is 0.308. The number of nitrogens with two attached hydrogens (primary N) is 1. The van der Waals surface area contributed by atoms with Crippen LogP contribution < -0.4 is 5.73 Å². The second-order valence-electron chi connectivity index (χ2n) is 4.77. The van der Waals surface area contributed by atoms with Crippen molar-refractivity contribution in [1.29, 1.82) is 0 Å². The van der Waals surface area contributed by atoms with E-state index in [-0.39, 0.29) is 10.8 Å². The summed E-state index contributed by atoms with van der Waals surface area (Å²) in [6.45, 7) is 4.45. The van der Waals surface area contributed by atoms with Crippen LogP contribution in [0.4, 0.5) is 0 Å². The van der Waals surface area contributed by atoms with Crippen molar-refractivity contribution in [3.05, 3.63) is 47.9 Å². The van der Waals surface area contributed by atoms with E-state index in [0.29, 0.717) is 0 Å². The number of allylic oxidation sites excluding steroid dienone is 6. The molecule has 0 spiro atoms. The minimum Gasteiger partial charge on any atom is -0.398 e. The van der Waals surface area contributed by atoms with Crippen molar-refractivity contribution in [1.82, 2.24) is 0 Å². The lowest BCUT2D eigenvalue weighted by Gasteiger charge is -2.35. The van der Waals surface area contributed by atoms with Gasteiger partial charge in [0.05, 0.1) is 5.71 Å². The monoisotopic (exact) mass is 198 g/mol. The Hall–Kier alpha value is -1.57. The first-order chi connectivity index (χ1) is 7.08. The summed E-state index contributed by atoms with van der Waals surface area (Å²) in [5.41, 5.74) is 9.17. The quantitative estimate of drug-likeness (QED) is 0.637. The van der Waals surface area contributed by atoms with Crippen LogP contribution in [0.3, 0.4) is 0 Å². The van der Waals surface area contributed by atoms with Gasteiger partial charge in [-0.2, -0.15) is 0 Å². The Labute approximate surface area is 89.6 Å². The molecule has 0 aromatic carbocycles. The first kappa shape index (κ1) is 8.72. The van der Waals surface area contributed by atoms with Crippen molar-refractivity contribution in [3.8, 4) is 0 Å². The normalized spacial score (nSPS) is 40.8. The summed E-state index contributed by atoms with van der Waals surface area (Å²) in [7, 11) is 0. The van der Waals surface area contributed by atoms with Gasteiger partial charge in [-0.1, -0.05) is 25.2 Å². The molecule has 0 saturated heterocycles. The fourth-order valence-electron chi connectivity index (χ4n) is 2.78. The number of nitrogens with zero attached hydrogens (tertiary/aromatic N) is 1. The summed E-state index contributed by atoms with van der Waals surface area (Å²) in [6, 6.07) is 0. The largest absolute Gasteiger partial charge is 0.398 e. The molecule has 1 heterocycles. The molecule has 3 aliphatic rings. The summed E-state index contributed by atoms with van der Waals surface area (Å²) < 4.78 is 0. The van der Waals surface area contributed by atoms with E-state index >= 15 is 0 Å². The minimum atomic E-state index is -0.0689. The van der Waals surface area contributed by atoms with E-state index < -0.39 is 0 Å². The van der Waals surface area contributed by atoms with Gasteiger partial charge in [0.15, 0.2) is 0 Å². The lowest BCUT2D eigenvalue weighted by Crippen LogP contribution is -2.35. The number of hydrogen-bond donors (Lipinski definition) is 1. The summed E-state index contributed by atoms with van der Waals surface area (Å²) in [5.74, 6) is 0. The summed E-state index contributed by atoms with van der Waals surface area (Å²) in [6.07, 6.45) is 12.4. The van der Waals surface area contributed by atoms with E-state index in [1.54, 1.807) is 6.20 Å². The van der Waals surface area contributed by atoms with Gasteiger partial charge in [-0.3, -0.25) is 4.99 Å². The molecule has 2 unspecified atom stereocenters. The molecule has 76 valence electrons. The molecule has 2 aliphatic carbocycles. The Kier molecular flexibility index (Phi) is 1.35. The number of hydrogen-bond acceptors (Lipinski definition) is 2. The van der Waals surface area contributed by atoms with Crippen molar-refractivity contribution in [3.63, 3.8) is 0 Å². The van der Waals surface area contributed by atoms with Gasteiger partial charge in [0, 0.05) is 22.7 Å². The Bertz CT molecular complexity index is 491. The van der Waals surface area contributed by atoms with Crippen LogP contribution >= 0.6 is 0 Å². The second-order valence-corrected chi connectivity index (χ2v) is 4.77. The summed E-state index contributed by atoms with van der Waals surface area (Å²) in [4.78, 5) is 4.48. The van der Waals surface area contributed by atoms with Crippen LogP contribution in [-0.2, 0) is 0 Å². The molecule has 0 fully saturated rings. The molecule has 3 rings (SSSR count). The molecule has 0 saturated carbocycles. The van der Waals surface area contributed by atoms with Crippen LogP contribution in [0.1, 0.15) is 13.8 Å². The number of aliphatic imine (C=N–C) groups is 1. The molecular formula is C13H14N2. The molecule has 2 atom stereocenters. The SMILES string of the molecule is CC12C=CC3=NC=CC(N)=C(C=C1)C32C. The van der Waals surface area contributed by atoms with Crippen molar-refractivity contribution < 1.29 is 0 Å². The van der Waals surface area contributed by atoms with Gasteiger partial charge >= 0.3 is 0 Å². The highest BCUT2D eigenvalue weighted by atomic mass is 14.8. The lowest BCUT2D eigenvalue weighted by molar-refractivity contribution is 0.363. The molecule has 0 aromatic rings. The van der Waals surface area contributed by atoms with E-state index in [4.69, 9.17) is 5.73 Å². The van der Waals surface area contributed by atoms with Crippen LogP contribution in [-0.4, -0.2) is 5.71 Å². The molecule has 1 aliphatic heterocycles. The van der Waals surface area contributed by atoms with Crippen LogP contribution in [0.2, 0.25) is 0 Å². The maximum Gasteiger partial charge on any atom is 0.0516 e. The molecule has 0 radical (unpaired) electrons. The van der Waals surface area contributed by atoms with E-state index in [1.165, 1.54) is 5.57 Å². The average molecular weight is 198 g/mol. The molecule has 0 amide bonds. The smallest absolute Gasteiger partial charge is 0.0516 e. The van der Waals surface area contributed by atoms with Crippen LogP contribution in [0.5, 0.6) is 0 Å². The average Bonchev–Trinajstić information content (AvgIpc) is 2.53. The standard InChI is InChI=1S/C13H14N2/c1-12-6-3-9-10(14)5-8-15-11(4-7-12)13(9,12)2/h3-8H,14H2,1-2H3. The second kappa shape index (κ2) is 2.32. The third-order valence-electron chi connectivity index (χ3n) is 4.09. The van der Waals surface area contributed by atoms with Gasteiger partial charge in [-0.15, -0.1) is 0 Å². The van der Waals surface area contributed by atoms with E-state index in [9.17, 15) is 0 Å². The highest BCUT2D eigenvalue weighted by molar-refractivity contribution is 6.07. The molecule has 2 nitrogen and oxygen atoms in total. The van der Waals surface area contributed by atoms with Crippen LogP contribution in [0.25, 0.3) is 0 Å². The van der Waals surface area contributed by atoms with E-state index in [1.807, 2.05) is 6.08 Å². The maximum atomic E-state index is 6.06. The maximum absolute atomic E-state index is 6.06. The highest BCUT2D eigenvalue weighted by Crippen LogP contribution is 2.57. The van der Waals surface area contributed by atoms with Crippen molar-refractivity contribution in [2.45, 2.75) is 13.8 Å². The molecule has 15 heavy (non-hydrogen) atoms. The summed E-state index contributed by atoms with van der Waals surface area (Å²) >= 11 is 0. The van der Waals surface area contributed by atoms with Gasteiger partial charge in [-0.25, -0.2) is 0 Å². The molecule has 0 bridgehead atoms. The van der Waals surface area contributed by atoms with Crippen molar-refractivity contribution >= 4 is 5.71 Å². The van der Waals surface area contributed by atoms with Crippen molar-refractivity contribution in [2.24, 2.45) is 21.6 Å². The van der Waals surface area contributed by atoms with Gasteiger partial charge in [0.25, 0.3) is 0 Å². The summed E-state index contributed by atoms with van der Waals surface area (Å²) in [5, 5.41) is 0. The van der Waals surface area contributed by atoms with E-state index in [2.05, 4.69) is 43.1 Å². The third-order valence-corrected chi connectivity index (χ3v) is 4.09. The predicted molar refractivity (Wildman–Crippen MR) is 62.3 cm³/mol. The molecular weight excluding hydrogens is 184 g/mol. The van der Waals surface area contributed by atoms with Gasteiger partial charge < -0.3 is 5.73 Å². The topological polar surface area (TPSA) is 38.4 Å². The van der Waals surface area contributed by atoms with Crippen LogP contribution in [0.15, 0.2) is 52.8 Å². The minimum absolute atomic E-state index is 0.0395. The first-order valence-corrected chi connectivity index (χ1v) is 5.21. The predicted octanol–water partition coefficient (Wildman–Crippen LogP) is 2.32. The van der Waals surface area contributed by atoms with Gasteiger partial charge in [0.1, 0.15) is 0 Å². The Morgan fingerprint density at radius 2 is 1.87 bits per heavy atom. The Balaban J connectivity index is 2.36. The molecule has 0 aromatic heterocycles. The molecule has 2 heteroatoms. The van der Waals surface area contributed by atoms with Crippen molar-refractivity contribution in [2.75, 3.05) is 0 Å². The zero-order valence-corrected chi connectivity index (χ0v) is 8.99. The highest BCUT2D eigenvalue weighted by Gasteiger charge is 2.53. The van der Waals surface area contributed by atoms with Crippen LogP contribution in [0, 0.1) is 10.8 Å². The Morgan fingerprint density at radius 3 is 2.67 bits per heavy atom. The number of rotatable bonds is 0.